The molecule has 168 valence electrons. The third kappa shape index (κ3) is 4.35. The summed E-state index contributed by atoms with van der Waals surface area (Å²) in [4.78, 5) is 22.9. The van der Waals surface area contributed by atoms with E-state index in [0.717, 1.165) is 41.0 Å². The van der Waals surface area contributed by atoms with Gasteiger partial charge in [-0.15, -0.1) is 11.3 Å². The predicted molar refractivity (Wildman–Crippen MR) is 136 cm³/mol. The van der Waals surface area contributed by atoms with Crippen LogP contribution in [0.4, 0.5) is 0 Å². The van der Waals surface area contributed by atoms with Crippen LogP contribution in [0, 0.1) is 5.41 Å². The Kier molecular flexibility index (Phi) is 5.62. The Hall–Kier alpha value is -3.25. The Morgan fingerprint density at radius 2 is 1.88 bits per heavy atom. The molecule has 0 atom stereocenters. The number of aromatic nitrogens is 4. The molecular formula is C27H28N4OS. The van der Waals surface area contributed by atoms with Crippen molar-refractivity contribution >= 4 is 16.9 Å². The van der Waals surface area contributed by atoms with E-state index in [1.54, 1.807) is 11.3 Å². The van der Waals surface area contributed by atoms with E-state index in [4.69, 9.17) is 0 Å². The van der Waals surface area contributed by atoms with Crippen LogP contribution in [0.25, 0.3) is 38.7 Å². The number of benzene rings is 1. The van der Waals surface area contributed by atoms with Crippen molar-refractivity contribution in [2.45, 2.75) is 46.5 Å². The summed E-state index contributed by atoms with van der Waals surface area (Å²) in [6.07, 6.45) is 8.21. The fourth-order valence-corrected chi connectivity index (χ4v) is 5.36. The minimum Gasteiger partial charge on any atom is -0.321 e. The largest absolute Gasteiger partial charge is 0.321 e. The van der Waals surface area contributed by atoms with Crippen molar-refractivity contribution < 1.29 is 0 Å². The van der Waals surface area contributed by atoms with Gasteiger partial charge in [0.1, 0.15) is 6.33 Å². The maximum atomic E-state index is 13.2. The number of aromatic amines is 2. The van der Waals surface area contributed by atoms with Gasteiger partial charge in [-0.2, -0.15) is 5.10 Å². The number of nitrogens with one attached hydrogen (secondary N) is 2. The van der Waals surface area contributed by atoms with E-state index in [2.05, 4.69) is 89.5 Å². The summed E-state index contributed by atoms with van der Waals surface area (Å²) >= 11 is 1.71. The maximum Gasteiger partial charge on any atom is 0.260 e. The smallest absolute Gasteiger partial charge is 0.260 e. The lowest BCUT2D eigenvalue weighted by Crippen LogP contribution is -2.14. The maximum absolute atomic E-state index is 13.2. The van der Waals surface area contributed by atoms with Gasteiger partial charge < -0.3 is 4.98 Å². The Morgan fingerprint density at radius 1 is 1.09 bits per heavy atom. The highest BCUT2D eigenvalue weighted by atomic mass is 32.1. The number of hydrogen-bond acceptors (Lipinski definition) is 4. The molecule has 0 aliphatic heterocycles. The van der Waals surface area contributed by atoms with Crippen molar-refractivity contribution in [3.8, 4) is 33.1 Å². The Morgan fingerprint density at radius 3 is 2.52 bits per heavy atom. The van der Waals surface area contributed by atoms with Crippen LogP contribution in [0.5, 0.6) is 0 Å². The second-order valence-corrected chi connectivity index (χ2v) is 10.6. The third-order valence-corrected chi connectivity index (χ3v) is 7.76. The number of hydrogen-bond donors (Lipinski definition) is 2. The second kappa shape index (κ2) is 8.60. The number of allylic oxidation sites excluding steroid dienone is 2. The highest BCUT2D eigenvalue weighted by molar-refractivity contribution is 7.15. The van der Waals surface area contributed by atoms with Gasteiger partial charge >= 0.3 is 0 Å². The van der Waals surface area contributed by atoms with Gasteiger partial charge in [0.05, 0.1) is 5.56 Å². The minimum absolute atomic E-state index is 0.174. The molecule has 4 aromatic rings. The van der Waals surface area contributed by atoms with Gasteiger partial charge in [-0.25, -0.2) is 4.98 Å². The Bertz CT molecular complexity index is 1360. The summed E-state index contributed by atoms with van der Waals surface area (Å²) < 4.78 is 0. The topological polar surface area (TPSA) is 74.4 Å². The van der Waals surface area contributed by atoms with Crippen molar-refractivity contribution in [2.24, 2.45) is 5.41 Å². The zero-order valence-corrected chi connectivity index (χ0v) is 20.1. The molecular weight excluding hydrogens is 428 g/mol. The van der Waals surface area contributed by atoms with Crippen molar-refractivity contribution in [3.63, 3.8) is 0 Å². The molecule has 3 aromatic heterocycles. The van der Waals surface area contributed by atoms with E-state index in [1.807, 2.05) is 0 Å². The van der Waals surface area contributed by atoms with E-state index in [0.29, 0.717) is 16.8 Å². The van der Waals surface area contributed by atoms with Crippen LogP contribution in [0.1, 0.15) is 50.5 Å². The summed E-state index contributed by atoms with van der Waals surface area (Å²) in [6.45, 7) is 6.80. The van der Waals surface area contributed by atoms with Crippen LogP contribution in [-0.2, 0) is 6.42 Å². The third-order valence-electron chi connectivity index (χ3n) is 6.50. The van der Waals surface area contributed by atoms with Crippen molar-refractivity contribution in [2.75, 3.05) is 0 Å². The summed E-state index contributed by atoms with van der Waals surface area (Å²) in [7, 11) is 0. The first-order valence-corrected chi connectivity index (χ1v) is 12.3. The highest BCUT2D eigenvalue weighted by Gasteiger charge is 2.22. The molecule has 5 rings (SSSR count). The molecule has 1 aliphatic rings. The number of nitrogens with zero attached hydrogens (tertiary/aromatic N) is 2. The second-order valence-electron chi connectivity index (χ2n) is 9.43. The molecule has 0 bridgehead atoms. The molecule has 5 nitrogen and oxygen atoms in total. The summed E-state index contributed by atoms with van der Waals surface area (Å²) in [5.74, 6) is 0.478. The number of pyridine rings is 1. The molecule has 1 aliphatic carbocycles. The minimum atomic E-state index is -0.174. The summed E-state index contributed by atoms with van der Waals surface area (Å²) in [5.41, 5.74) is 6.09. The molecule has 0 saturated heterocycles. The van der Waals surface area contributed by atoms with Crippen LogP contribution >= 0.6 is 11.3 Å². The van der Waals surface area contributed by atoms with Gasteiger partial charge in [0.25, 0.3) is 5.56 Å². The molecule has 0 spiro atoms. The molecule has 2 N–H and O–H groups in total. The average molecular weight is 457 g/mol. The molecule has 0 radical (unpaired) electrons. The van der Waals surface area contributed by atoms with Crippen LogP contribution in [0.3, 0.4) is 0 Å². The Labute approximate surface area is 197 Å². The van der Waals surface area contributed by atoms with Gasteiger partial charge in [-0.3, -0.25) is 9.89 Å². The summed E-state index contributed by atoms with van der Waals surface area (Å²) in [6, 6.07) is 14.8. The van der Waals surface area contributed by atoms with E-state index in [-0.39, 0.29) is 5.56 Å². The first-order chi connectivity index (χ1) is 15.9. The molecule has 3 heterocycles. The van der Waals surface area contributed by atoms with Gasteiger partial charge in [-0.1, -0.05) is 51.1 Å². The van der Waals surface area contributed by atoms with E-state index in [9.17, 15) is 4.79 Å². The van der Waals surface area contributed by atoms with Crippen molar-refractivity contribution in [1.82, 2.24) is 20.2 Å². The predicted octanol–water partition coefficient (Wildman–Crippen LogP) is 6.71. The van der Waals surface area contributed by atoms with Crippen LogP contribution in [0.15, 0.2) is 59.7 Å². The van der Waals surface area contributed by atoms with Gasteiger partial charge in [-0.05, 0) is 66.0 Å². The molecule has 0 fully saturated rings. The monoisotopic (exact) mass is 456 g/mol. The molecule has 33 heavy (non-hydrogen) atoms. The lowest BCUT2D eigenvalue weighted by Gasteiger charge is -2.28. The fourth-order valence-electron chi connectivity index (χ4n) is 4.39. The fraction of sp³-hybridized carbons (Fsp3) is 0.296. The van der Waals surface area contributed by atoms with Crippen LogP contribution in [0.2, 0.25) is 0 Å². The number of aryl methyl sites for hydroxylation is 1. The summed E-state index contributed by atoms with van der Waals surface area (Å²) in [5, 5.41) is 6.80. The van der Waals surface area contributed by atoms with E-state index < -0.39 is 0 Å². The van der Waals surface area contributed by atoms with Crippen LogP contribution in [-0.4, -0.2) is 20.2 Å². The zero-order chi connectivity index (χ0) is 23.0. The molecule has 0 amide bonds. The lowest BCUT2D eigenvalue weighted by molar-refractivity contribution is 0.335. The standard InChI is InChI=1S/C27H28N4OS/c1-4-20-9-10-23(33-20)21-15-22(30-26(32)24(21)25-28-16-29-31-25)19-7-5-17(6-8-19)18-11-13-27(2,3)14-12-18/h5-11,15-16H,4,12-14H2,1-3H3,(H,30,32)(H,28,29,31). The molecule has 0 saturated carbocycles. The number of thiophene rings is 1. The number of H-pyrrole nitrogens is 2. The highest BCUT2D eigenvalue weighted by Crippen LogP contribution is 2.39. The van der Waals surface area contributed by atoms with Crippen molar-refractivity contribution in [3.05, 3.63) is 75.7 Å². The first kappa shape index (κ1) is 21.6. The van der Waals surface area contributed by atoms with Gasteiger partial charge in [0.15, 0.2) is 5.82 Å². The van der Waals surface area contributed by atoms with Crippen molar-refractivity contribution in [1.29, 1.82) is 0 Å². The first-order valence-electron chi connectivity index (χ1n) is 11.5. The Balaban J connectivity index is 1.55. The molecule has 6 heteroatoms. The SMILES string of the molecule is CCc1ccc(-c2cc(-c3ccc(C4=CCC(C)(C)CC4)cc3)[nH]c(=O)c2-c2ncn[nH]2)s1. The normalized spacial score (nSPS) is 15.4. The van der Waals surface area contributed by atoms with E-state index in [1.165, 1.54) is 28.8 Å². The number of rotatable bonds is 5. The van der Waals surface area contributed by atoms with Gasteiger partial charge in [0, 0.05) is 21.0 Å². The average Bonchev–Trinajstić information content (AvgIpc) is 3.51. The van der Waals surface area contributed by atoms with Crippen LogP contribution < -0.4 is 5.56 Å². The van der Waals surface area contributed by atoms with Gasteiger partial charge in [0.2, 0.25) is 0 Å². The molecule has 0 unspecified atom stereocenters. The lowest BCUT2D eigenvalue weighted by atomic mass is 9.77. The quantitative estimate of drug-likeness (QED) is 0.350. The molecule has 1 aromatic carbocycles. The van der Waals surface area contributed by atoms with E-state index >= 15 is 0 Å². The zero-order valence-electron chi connectivity index (χ0n) is 19.2.